The Kier molecular flexibility index (Phi) is 7.42. The van der Waals surface area contributed by atoms with Crippen LogP contribution in [-0.4, -0.2) is 4.57 Å². The number of benzene rings is 8. The van der Waals surface area contributed by atoms with Crippen molar-refractivity contribution in [3.8, 4) is 27.9 Å². The zero-order valence-electron chi connectivity index (χ0n) is 28.1. The number of thiophene rings is 1. The average molecular weight is 703 g/mol. The van der Waals surface area contributed by atoms with E-state index in [1.165, 1.54) is 58.7 Å². The molecule has 52 heavy (non-hydrogen) atoms. The van der Waals surface area contributed by atoms with Crippen molar-refractivity contribution in [2.75, 3.05) is 4.90 Å². The van der Waals surface area contributed by atoms with Gasteiger partial charge in [-0.25, -0.2) is 0 Å². The van der Waals surface area contributed by atoms with Gasteiger partial charge in [-0.2, -0.15) is 0 Å². The minimum absolute atomic E-state index is 0.693. The van der Waals surface area contributed by atoms with E-state index < -0.39 is 0 Å². The van der Waals surface area contributed by atoms with Gasteiger partial charge in [-0.05, 0) is 95.1 Å². The number of fused-ring (bicyclic) bond motifs is 7. The standard InChI is InChI=1S/C48H31ClN2S/c49-35-28-34(29-39(30-35)50(36-16-6-2-7-17-36)37-18-8-3-9-19-37)42-31-43-40-20-10-12-22-44(40)51(38-26-24-33(25-27-38)32-14-4-1-5-15-32)47(43)48-46(42)41-21-11-13-23-45(41)52-48/h1-31H. The van der Waals surface area contributed by atoms with Gasteiger partial charge < -0.3 is 9.47 Å². The van der Waals surface area contributed by atoms with Gasteiger partial charge in [0.25, 0.3) is 0 Å². The summed E-state index contributed by atoms with van der Waals surface area (Å²) in [4.78, 5) is 2.28. The minimum Gasteiger partial charge on any atom is -0.310 e. The lowest BCUT2D eigenvalue weighted by atomic mass is 9.96. The van der Waals surface area contributed by atoms with Gasteiger partial charge in [-0.1, -0.05) is 127 Å². The third-order valence-corrected chi connectivity index (χ3v) is 11.4. The number of hydrogen-bond donors (Lipinski definition) is 0. The molecule has 10 aromatic rings. The summed E-state index contributed by atoms with van der Waals surface area (Å²) in [5.74, 6) is 0. The monoisotopic (exact) mass is 702 g/mol. The first-order valence-electron chi connectivity index (χ1n) is 17.5. The van der Waals surface area contributed by atoms with Crippen molar-refractivity contribution >= 4 is 82.0 Å². The summed E-state index contributed by atoms with van der Waals surface area (Å²) in [6.07, 6.45) is 0. The number of nitrogens with zero attached hydrogens (tertiary/aromatic N) is 2. The second-order valence-corrected chi connectivity index (χ2v) is 14.6. The number of aromatic nitrogens is 1. The number of anilines is 3. The van der Waals surface area contributed by atoms with Gasteiger partial charge in [0.05, 0.1) is 15.7 Å². The van der Waals surface area contributed by atoms with Crippen molar-refractivity contribution in [3.05, 3.63) is 193 Å². The van der Waals surface area contributed by atoms with E-state index >= 15 is 0 Å². The average Bonchev–Trinajstić information content (AvgIpc) is 3.75. The number of halogens is 1. The molecule has 0 unspecified atom stereocenters. The van der Waals surface area contributed by atoms with Gasteiger partial charge in [-0.3, -0.25) is 0 Å². The van der Waals surface area contributed by atoms with E-state index in [4.69, 9.17) is 11.6 Å². The molecule has 0 saturated carbocycles. The van der Waals surface area contributed by atoms with Gasteiger partial charge in [0, 0.05) is 54.0 Å². The molecule has 0 aliphatic heterocycles. The van der Waals surface area contributed by atoms with Crippen LogP contribution >= 0.6 is 22.9 Å². The predicted molar refractivity (Wildman–Crippen MR) is 224 cm³/mol. The van der Waals surface area contributed by atoms with Gasteiger partial charge >= 0.3 is 0 Å². The highest BCUT2D eigenvalue weighted by molar-refractivity contribution is 7.26. The third-order valence-electron chi connectivity index (χ3n) is 10.00. The molecule has 2 aromatic heterocycles. The van der Waals surface area contributed by atoms with Gasteiger partial charge in [0.2, 0.25) is 0 Å². The summed E-state index contributed by atoms with van der Waals surface area (Å²) in [5.41, 5.74) is 11.4. The number of para-hydroxylation sites is 3. The Labute approximate surface area is 311 Å². The molecule has 0 saturated heterocycles. The predicted octanol–water partition coefficient (Wildman–Crippen LogP) is 14.6. The Hall–Kier alpha value is -6.13. The maximum absolute atomic E-state index is 7.09. The summed E-state index contributed by atoms with van der Waals surface area (Å²) in [5, 5.41) is 5.64. The van der Waals surface area contributed by atoms with Crippen molar-refractivity contribution in [3.63, 3.8) is 0 Å². The molecule has 0 bridgehead atoms. The van der Waals surface area contributed by atoms with Gasteiger partial charge in [0.1, 0.15) is 0 Å². The zero-order chi connectivity index (χ0) is 34.6. The number of rotatable bonds is 6. The molecule has 0 spiro atoms. The summed E-state index contributed by atoms with van der Waals surface area (Å²) in [6, 6.07) is 67.0. The van der Waals surface area contributed by atoms with Gasteiger partial charge in [0.15, 0.2) is 0 Å². The van der Waals surface area contributed by atoms with Crippen LogP contribution in [0, 0.1) is 0 Å². The lowest BCUT2D eigenvalue weighted by molar-refractivity contribution is 1.19. The largest absolute Gasteiger partial charge is 0.310 e. The van der Waals surface area contributed by atoms with Crippen LogP contribution in [0.4, 0.5) is 17.1 Å². The second kappa shape index (κ2) is 12.6. The van der Waals surface area contributed by atoms with Crippen LogP contribution in [0.25, 0.3) is 69.9 Å². The SMILES string of the molecule is Clc1cc(-c2cc3c4ccccc4n(-c4ccc(-c5ccccc5)cc4)c3c3sc4ccccc4c23)cc(N(c2ccccc2)c2ccccc2)c1. The van der Waals surface area contributed by atoms with Crippen LogP contribution in [0.5, 0.6) is 0 Å². The van der Waals surface area contributed by atoms with E-state index in [9.17, 15) is 0 Å². The summed E-state index contributed by atoms with van der Waals surface area (Å²) >= 11 is 8.96. The molecular formula is C48H31ClN2S. The van der Waals surface area contributed by atoms with E-state index in [1.54, 1.807) is 0 Å². The fourth-order valence-electron chi connectivity index (χ4n) is 7.72. The number of hydrogen-bond acceptors (Lipinski definition) is 2. The molecule has 2 heterocycles. The highest BCUT2D eigenvalue weighted by atomic mass is 35.5. The van der Waals surface area contributed by atoms with Crippen molar-refractivity contribution in [2.24, 2.45) is 0 Å². The Morgan fingerprint density at radius 1 is 0.462 bits per heavy atom. The Bertz CT molecular complexity index is 2850. The maximum atomic E-state index is 7.09. The highest BCUT2D eigenvalue weighted by Crippen LogP contribution is 2.49. The van der Waals surface area contributed by atoms with Crippen LogP contribution in [0.1, 0.15) is 0 Å². The Balaban J connectivity index is 1.25. The topological polar surface area (TPSA) is 8.17 Å². The first kappa shape index (κ1) is 30.7. The molecule has 2 nitrogen and oxygen atoms in total. The molecule has 0 amide bonds. The molecular weight excluding hydrogens is 672 g/mol. The van der Waals surface area contributed by atoms with Crippen LogP contribution in [-0.2, 0) is 0 Å². The van der Waals surface area contributed by atoms with Crippen molar-refractivity contribution < 1.29 is 0 Å². The fraction of sp³-hybridized carbons (Fsp3) is 0. The molecule has 246 valence electrons. The van der Waals surface area contributed by atoms with E-state index in [0.29, 0.717) is 5.02 Å². The van der Waals surface area contributed by atoms with Crippen molar-refractivity contribution in [2.45, 2.75) is 0 Å². The third kappa shape index (κ3) is 5.09. The minimum atomic E-state index is 0.693. The van der Waals surface area contributed by atoms with Gasteiger partial charge in [-0.15, -0.1) is 11.3 Å². The van der Waals surface area contributed by atoms with Crippen molar-refractivity contribution in [1.82, 2.24) is 4.57 Å². The molecule has 0 atom stereocenters. The normalized spacial score (nSPS) is 11.6. The zero-order valence-corrected chi connectivity index (χ0v) is 29.7. The summed E-state index contributed by atoms with van der Waals surface area (Å²) in [6.45, 7) is 0. The van der Waals surface area contributed by atoms with Crippen LogP contribution < -0.4 is 4.90 Å². The molecule has 4 heteroatoms. The summed E-state index contributed by atoms with van der Waals surface area (Å²) < 4.78 is 4.98. The van der Waals surface area contributed by atoms with Crippen molar-refractivity contribution in [1.29, 1.82) is 0 Å². The lowest BCUT2D eigenvalue weighted by Crippen LogP contribution is -2.09. The molecule has 0 aliphatic carbocycles. The molecule has 0 aliphatic rings. The quantitative estimate of drug-likeness (QED) is 0.167. The lowest BCUT2D eigenvalue weighted by Gasteiger charge is -2.26. The van der Waals surface area contributed by atoms with Crippen LogP contribution in [0.15, 0.2) is 188 Å². The molecule has 0 N–H and O–H groups in total. The van der Waals surface area contributed by atoms with E-state index in [-0.39, 0.29) is 0 Å². The first-order valence-corrected chi connectivity index (χ1v) is 18.7. The molecule has 0 fully saturated rings. The fourth-order valence-corrected chi connectivity index (χ4v) is 9.22. The molecule has 10 rings (SSSR count). The van der Waals surface area contributed by atoms with Crippen LogP contribution in [0.2, 0.25) is 5.02 Å². The van der Waals surface area contributed by atoms with Crippen LogP contribution in [0.3, 0.4) is 0 Å². The Morgan fingerprint density at radius 2 is 1.06 bits per heavy atom. The van der Waals surface area contributed by atoms with E-state index in [2.05, 4.69) is 198 Å². The smallest absolute Gasteiger partial charge is 0.0720 e. The molecule has 8 aromatic carbocycles. The summed E-state index contributed by atoms with van der Waals surface area (Å²) in [7, 11) is 0. The van der Waals surface area contributed by atoms with E-state index in [0.717, 1.165) is 28.3 Å². The highest BCUT2D eigenvalue weighted by Gasteiger charge is 2.22. The maximum Gasteiger partial charge on any atom is 0.0720 e. The van der Waals surface area contributed by atoms with E-state index in [1.807, 2.05) is 11.3 Å². The second-order valence-electron chi connectivity index (χ2n) is 13.1. The molecule has 0 radical (unpaired) electrons. The Morgan fingerprint density at radius 3 is 1.77 bits per heavy atom. The first-order chi connectivity index (χ1) is 25.7.